The van der Waals surface area contributed by atoms with E-state index in [1.54, 1.807) is 29.2 Å². The number of fused-ring (bicyclic) bond motifs is 1. The van der Waals surface area contributed by atoms with Crippen LogP contribution in [0.4, 0.5) is 5.69 Å². The maximum absolute atomic E-state index is 12.7. The third kappa shape index (κ3) is 4.41. The van der Waals surface area contributed by atoms with Crippen LogP contribution in [0.2, 0.25) is 5.02 Å². The summed E-state index contributed by atoms with van der Waals surface area (Å²) in [4.78, 5) is 28.0. The summed E-state index contributed by atoms with van der Waals surface area (Å²) in [6, 6.07) is 12.8. The topological polar surface area (TPSA) is 85.2 Å². The molecule has 2 aliphatic rings. The first kappa shape index (κ1) is 20.2. The summed E-state index contributed by atoms with van der Waals surface area (Å²) in [5.41, 5.74) is 3.55. The molecule has 0 atom stereocenters. The van der Waals surface area contributed by atoms with Crippen LogP contribution in [-0.2, 0) is 17.6 Å². The Labute approximate surface area is 179 Å². The zero-order valence-electron chi connectivity index (χ0n) is 16.5. The average molecular weight is 427 g/mol. The van der Waals surface area contributed by atoms with Crippen LogP contribution in [0.15, 0.2) is 47.6 Å². The lowest BCUT2D eigenvalue weighted by Crippen LogP contribution is -2.51. The van der Waals surface area contributed by atoms with Crippen LogP contribution in [0, 0.1) is 0 Å². The number of hydrogen-bond donors (Lipinski definition) is 2. The van der Waals surface area contributed by atoms with E-state index in [1.807, 2.05) is 17.0 Å². The van der Waals surface area contributed by atoms with Crippen molar-refractivity contribution in [1.29, 1.82) is 0 Å². The molecule has 2 aliphatic heterocycles. The highest BCUT2D eigenvalue weighted by molar-refractivity contribution is 6.30. The fourth-order valence-corrected chi connectivity index (χ4v) is 4.10. The van der Waals surface area contributed by atoms with Crippen LogP contribution < -0.4 is 5.32 Å². The Kier molecular flexibility index (Phi) is 5.90. The molecule has 0 radical (unpaired) electrons. The Balaban J connectivity index is 1.38. The highest BCUT2D eigenvalue weighted by Crippen LogP contribution is 2.24. The molecule has 0 aliphatic carbocycles. The van der Waals surface area contributed by atoms with Crippen LogP contribution >= 0.6 is 11.6 Å². The summed E-state index contributed by atoms with van der Waals surface area (Å²) in [5.74, 6) is 0.569. The fraction of sp³-hybridized carbons (Fsp3) is 0.318. The number of anilines is 1. The molecule has 30 heavy (non-hydrogen) atoms. The van der Waals surface area contributed by atoms with E-state index in [2.05, 4.69) is 16.5 Å². The van der Waals surface area contributed by atoms with Gasteiger partial charge in [-0.15, -0.1) is 0 Å². The number of halogens is 1. The van der Waals surface area contributed by atoms with Crippen molar-refractivity contribution >= 4 is 34.9 Å². The van der Waals surface area contributed by atoms with Gasteiger partial charge in [-0.2, -0.15) is 0 Å². The summed E-state index contributed by atoms with van der Waals surface area (Å²) in [6.45, 7) is 2.26. The average Bonchev–Trinajstić information content (AvgIpc) is 2.77. The second-order valence-electron chi connectivity index (χ2n) is 7.52. The molecule has 1 fully saturated rings. The van der Waals surface area contributed by atoms with E-state index in [1.165, 1.54) is 0 Å². The van der Waals surface area contributed by atoms with Gasteiger partial charge in [0.05, 0.1) is 0 Å². The molecule has 0 saturated carbocycles. The molecule has 156 valence electrons. The Morgan fingerprint density at radius 2 is 1.83 bits per heavy atom. The first-order chi connectivity index (χ1) is 14.5. The third-order valence-corrected chi connectivity index (χ3v) is 5.78. The van der Waals surface area contributed by atoms with Gasteiger partial charge >= 0.3 is 0 Å². The maximum Gasteiger partial charge on any atom is 0.254 e. The fourth-order valence-electron chi connectivity index (χ4n) is 3.91. The third-order valence-electron chi connectivity index (χ3n) is 5.55. The molecule has 0 unspecified atom stereocenters. The van der Waals surface area contributed by atoms with Crippen LogP contribution in [0.3, 0.4) is 0 Å². The summed E-state index contributed by atoms with van der Waals surface area (Å²) < 4.78 is 0. The summed E-state index contributed by atoms with van der Waals surface area (Å²) in [5, 5.41) is 16.5. The number of hydrogen-bond acceptors (Lipinski definition) is 4. The number of nitrogens with one attached hydrogen (secondary N) is 1. The molecule has 1 saturated heterocycles. The van der Waals surface area contributed by atoms with Gasteiger partial charge < -0.3 is 20.3 Å². The molecule has 8 heteroatoms. The Hall–Kier alpha value is -3.06. The second kappa shape index (κ2) is 8.75. The van der Waals surface area contributed by atoms with E-state index < -0.39 is 0 Å². The molecule has 2 aromatic rings. The summed E-state index contributed by atoms with van der Waals surface area (Å²) in [7, 11) is 0. The largest absolute Gasteiger partial charge is 0.409 e. The summed E-state index contributed by atoms with van der Waals surface area (Å²) in [6.07, 6.45) is 1.69. The smallest absolute Gasteiger partial charge is 0.254 e. The number of carbonyl (C=O) groups is 2. The first-order valence-electron chi connectivity index (χ1n) is 9.96. The van der Waals surface area contributed by atoms with Gasteiger partial charge in [0, 0.05) is 55.3 Å². The number of rotatable bonds is 3. The molecule has 2 N–H and O–H groups in total. The number of piperazine rings is 1. The van der Waals surface area contributed by atoms with Crippen molar-refractivity contribution in [1.82, 2.24) is 9.80 Å². The summed E-state index contributed by atoms with van der Waals surface area (Å²) >= 11 is 6.00. The van der Waals surface area contributed by atoms with Crippen molar-refractivity contribution in [2.75, 3.05) is 31.5 Å². The number of amidine groups is 1. The van der Waals surface area contributed by atoms with Gasteiger partial charge in [0.15, 0.2) is 0 Å². The Morgan fingerprint density at radius 3 is 2.57 bits per heavy atom. The van der Waals surface area contributed by atoms with E-state index in [-0.39, 0.29) is 11.8 Å². The van der Waals surface area contributed by atoms with E-state index in [0.717, 1.165) is 16.8 Å². The van der Waals surface area contributed by atoms with Gasteiger partial charge in [-0.1, -0.05) is 35.0 Å². The molecule has 2 amide bonds. The lowest BCUT2D eigenvalue weighted by molar-refractivity contribution is -0.116. The van der Waals surface area contributed by atoms with E-state index in [9.17, 15) is 14.8 Å². The zero-order chi connectivity index (χ0) is 21.1. The van der Waals surface area contributed by atoms with Gasteiger partial charge in [-0.25, -0.2) is 0 Å². The van der Waals surface area contributed by atoms with E-state index >= 15 is 0 Å². The molecular formula is C22H23ClN4O3. The molecule has 2 aromatic carbocycles. The van der Waals surface area contributed by atoms with Crippen molar-refractivity contribution in [3.63, 3.8) is 0 Å². The zero-order valence-corrected chi connectivity index (χ0v) is 17.2. The van der Waals surface area contributed by atoms with Crippen molar-refractivity contribution < 1.29 is 14.8 Å². The van der Waals surface area contributed by atoms with Crippen molar-refractivity contribution in [2.45, 2.75) is 19.3 Å². The molecule has 2 heterocycles. The number of benzene rings is 2. The number of nitrogens with zero attached hydrogens (tertiary/aromatic N) is 3. The van der Waals surface area contributed by atoms with Gasteiger partial charge in [-0.05, 0) is 41.8 Å². The lowest BCUT2D eigenvalue weighted by atomic mass is 9.99. The van der Waals surface area contributed by atoms with Crippen molar-refractivity contribution in [2.24, 2.45) is 5.16 Å². The number of oxime groups is 1. The number of amides is 2. The predicted octanol–water partition coefficient (Wildman–Crippen LogP) is 3.01. The molecule has 0 spiro atoms. The van der Waals surface area contributed by atoms with Gasteiger partial charge in [-0.3, -0.25) is 9.59 Å². The van der Waals surface area contributed by atoms with Gasteiger partial charge in [0.2, 0.25) is 5.91 Å². The minimum absolute atomic E-state index is 0.0399. The van der Waals surface area contributed by atoms with Crippen LogP contribution in [0.25, 0.3) is 0 Å². The normalized spacial score (nSPS) is 16.8. The molecule has 7 nitrogen and oxygen atoms in total. The lowest BCUT2D eigenvalue weighted by Gasteiger charge is -2.36. The number of aryl methyl sites for hydroxylation is 1. The minimum atomic E-state index is -0.0450. The Morgan fingerprint density at radius 1 is 1.07 bits per heavy atom. The van der Waals surface area contributed by atoms with Gasteiger partial charge in [0.25, 0.3) is 5.91 Å². The van der Waals surface area contributed by atoms with Crippen molar-refractivity contribution in [3.05, 3.63) is 64.2 Å². The SMILES string of the molecule is O=C1CCc2cc(C/C(=N/O)N3CCN(C(=O)c4cccc(Cl)c4)CC3)ccc2N1. The highest BCUT2D eigenvalue weighted by Gasteiger charge is 2.25. The maximum atomic E-state index is 12.7. The Bertz CT molecular complexity index is 1000. The predicted molar refractivity (Wildman–Crippen MR) is 115 cm³/mol. The second-order valence-corrected chi connectivity index (χ2v) is 7.96. The van der Waals surface area contributed by atoms with Crippen LogP contribution in [-0.4, -0.2) is 58.8 Å². The monoisotopic (exact) mass is 426 g/mol. The van der Waals surface area contributed by atoms with Crippen molar-refractivity contribution in [3.8, 4) is 0 Å². The molecule has 0 bridgehead atoms. The quantitative estimate of drug-likeness (QED) is 0.342. The molecule has 0 aromatic heterocycles. The van der Waals surface area contributed by atoms with Gasteiger partial charge in [0.1, 0.15) is 5.84 Å². The number of carbonyl (C=O) groups excluding carboxylic acids is 2. The molecular weight excluding hydrogens is 404 g/mol. The molecule has 4 rings (SSSR count). The first-order valence-corrected chi connectivity index (χ1v) is 10.3. The standard InChI is InChI=1S/C22H23ClN4O3/c23-18-3-1-2-17(14-18)22(29)27-10-8-26(9-11-27)20(25-30)13-15-4-6-19-16(12-15)5-7-21(28)24-19/h1-4,6,12,14,30H,5,7-11,13H2,(H,24,28)/b25-20-. The minimum Gasteiger partial charge on any atom is -0.409 e. The highest BCUT2D eigenvalue weighted by atomic mass is 35.5. The van der Waals surface area contributed by atoms with E-state index in [0.29, 0.717) is 61.9 Å². The van der Waals surface area contributed by atoms with Crippen LogP contribution in [0.1, 0.15) is 27.9 Å². The van der Waals surface area contributed by atoms with Crippen LogP contribution in [0.5, 0.6) is 0 Å². The van der Waals surface area contributed by atoms with E-state index in [4.69, 9.17) is 11.6 Å².